The van der Waals surface area contributed by atoms with E-state index in [1.807, 2.05) is 0 Å². The third-order valence-electron chi connectivity index (χ3n) is 2.68. The largest absolute Gasteiger partial charge is 0.395 e. The van der Waals surface area contributed by atoms with Crippen LogP contribution in [0.2, 0.25) is 0 Å². The van der Waals surface area contributed by atoms with Gasteiger partial charge in [0.15, 0.2) is 0 Å². The molecule has 0 heterocycles. The van der Waals surface area contributed by atoms with Gasteiger partial charge in [-0.25, -0.2) is 8.78 Å². The summed E-state index contributed by atoms with van der Waals surface area (Å²) >= 11 is 0. The van der Waals surface area contributed by atoms with Crippen molar-refractivity contribution >= 4 is 0 Å². The summed E-state index contributed by atoms with van der Waals surface area (Å²) in [5.41, 5.74) is 0.491. The molecule has 0 fully saturated rings. The number of halogens is 2. The highest BCUT2D eigenvalue weighted by Crippen LogP contribution is 2.21. The number of hydrogen-bond acceptors (Lipinski definition) is 2. The van der Waals surface area contributed by atoms with Gasteiger partial charge in [0, 0.05) is 24.2 Å². The second-order valence-corrected chi connectivity index (χ2v) is 5.76. The number of hydrogen-bond donors (Lipinski definition) is 2. The van der Waals surface area contributed by atoms with Gasteiger partial charge >= 0.3 is 0 Å². The third-order valence-corrected chi connectivity index (χ3v) is 2.68. The van der Waals surface area contributed by atoms with Crippen LogP contribution in [0.25, 0.3) is 0 Å². The van der Waals surface area contributed by atoms with E-state index in [2.05, 4.69) is 26.1 Å². The highest BCUT2D eigenvalue weighted by Gasteiger charge is 2.18. The summed E-state index contributed by atoms with van der Waals surface area (Å²) in [4.78, 5) is 0. The van der Waals surface area contributed by atoms with Crippen molar-refractivity contribution in [3.63, 3.8) is 0 Å². The minimum absolute atomic E-state index is 0.0000831. The van der Waals surface area contributed by atoms with Gasteiger partial charge in [0.05, 0.1) is 6.61 Å². The van der Waals surface area contributed by atoms with E-state index >= 15 is 0 Å². The minimum Gasteiger partial charge on any atom is -0.395 e. The molecule has 0 saturated heterocycles. The van der Waals surface area contributed by atoms with Crippen LogP contribution >= 0.6 is 0 Å². The SMILES string of the molecule is CC(C)(C)CC(CO)NCc1ccc(F)cc1F. The molecule has 1 aromatic rings. The number of rotatable bonds is 5. The van der Waals surface area contributed by atoms with Crippen molar-refractivity contribution in [3.05, 3.63) is 35.4 Å². The quantitative estimate of drug-likeness (QED) is 0.850. The third kappa shape index (κ3) is 5.10. The van der Waals surface area contributed by atoms with Crippen molar-refractivity contribution < 1.29 is 13.9 Å². The molecule has 0 aliphatic rings. The van der Waals surface area contributed by atoms with Gasteiger partial charge in [-0.2, -0.15) is 0 Å². The second-order valence-electron chi connectivity index (χ2n) is 5.76. The Bertz CT molecular complexity index is 388. The minimum atomic E-state index is -0.579. The van der Waals surface area contributed by atoms with Crippen molar-refractivity contribution in [2.75, 3.05) is 6.61 Å². The zero-order valence-corrected chi connectivity index (χ0v) is 11.1. The van der Waals surface area contributed by atoms with Gasteiger partial charge in [-0.15, -0.1) is 0 Å². The van der Waals surface area contributed by atoms with E-state index in [-0.39, 0.29) is 24.6 Å². The maximum absolute atomic E-state index is 13.4. The van der Waals surface area contributed by atoms with Gasteiger partial charge < -0.3 is 10.4 Å². The summed E-state index contributed by atoms with van der Waals surface area (Å²) in [6, 6.07) is 3.44. The standard InChI is InChI=1S/C14H21F2NO/c1-14(2,3)7-12(9-18)17-8-10-4-5-11(15)6-13(10)16/h4-6,12,17-18H,7-9H2,1-3H3. The van der Waals surface area contributed by atoms with E-state index in [4.69, 9.17) is 0 Å². The van der Waals surface area contributed by atoms with E-state index < -0.39 is 11.6 Å². The summed E-state index contributed by atoms with van der Waals surface area (Å²) in [6.45, 7) is 6.52. The van der Waals surface area contributed by atoms with Crippen molar-refractivity contribution in [1.29, 1.82) is 0 Å². The molecule has 1 aromatic carbocycles. The molecule has 0 amide bonds. The Morgan fingerprint density at radius 1 is 1.28 bits per heavy atom. The van der Waals surface area contributed by atoms with Gasteiger partial charge in [0.2, 0.25) is 0 Å². The fourth-order valence-corrected chi connectivity index (χ4v) is 1.86. The molecule has 2 N–H and O–H groups in total. The Balaban J connectivity index is 2.57. The topological polar surface area (TPSA) is 32.3 Å². The molecule has 1 atom stereocenters. The van der Waals surface area contributed by atoms with Crippen LogP contribution in [0.5, 0.6) is 0 Å². The van der Waals surface area contributed by atoms with E-state index in [1.165, 1.54) is 12.1 Å². The van der Waals surface area contributed by atoms with Crippen molar-refractivity contribution in [3.8, 4) is 0 Å². The lowest BCUT2D eigenvalue weighted by Gasteiger charge is -2.25. The molecule has 0 saturated carbocycles. The molecule has 1 unspecified atom stereocenters. The Kier molecular flexibility index (Phi) is 5.23. The first-order valence-corrected chi connectivity index (χ1v) is 6.10. The van der Waals surface area contributed by atoms with Gasteiger partial charge in [-0.05, 0) is 17.9 Å². The predicted octanol–water partition coefficient (Wildman–Crippen LogP) is 2.85. The maximum atomic E-state index is 13.4. The lowest BCUT2D eigenvalue weighted by molar-refractivity contribution is 0.197. The van der Waals surface area contributed by atoms with Crippen molar-refractivity contribution in [2.45, 2.75) is 39.8 Å². The highest BCUT2D eigenvalue weighted by molar-refractivity contribution is 5.18. The van der Waals surface area contributed by atoms with Crippen LogP contribution in [0.4, 0.5) is 8.78 Å². The molecule has 0 spiro atoms. The summed E-state index contributed by atoms with van der Waals surface area (Å²) in [7, 11) is 0. The Morgan fingerprint density at radius 2 is 1.94 bits per heavy atom. The molecule has 1 rings (SSSR count). The van der Waals surface area contributed by atoms with Crippen LogP contribution in [0, 0.1) is 17.0 Å². The summed E-state index contributed by atoms with van der Waals surface area (Å²) in [5.74, 6) is -1.14. The molecule has 2 nitrogen and oxygen atoms in total. The summed E-state index contributed by atoms with van der Waals surface area (Å²) in [5, 5.41) is 12.4. The molecule has 0 aromatic heterocycles. The van der Waals surface area contributed by atoms with Gasteiger partial charge in [0.25, 0.3) is 0 Å². The van der Waals surface area contributed by atoms with Gasteiger partial charge in [-0.3, -0.25) is 0 Å². The van der Waals surface area contributed by atoms with Gasteiger partial charge in [-0.1, -0.05) is 26.8 Å². The smallest absolute Gasteiger partial charge is 0.130 e. The first-order chi connectivity index (χ1) is 8.31. The molecule has 102 valence electrons. The molecule has 18 heavy (non-hydrogen) atoms. The normalized spacial score (nSPS) is 13.7. The molecule has 0 radical (unpaired) electrons. The van der Waals surface area contributed by atoms with Gasteiger partial charge in [0.1, 0.15) is 11.6 Å². The van der Waals surface area contributed by atoms with Crippen LogP contribution in [0.1, 0.15) is 32.8 Å². The fourth-order valence-electron chi connectivity index (χ4n) is 1.86. The summed E-state index contributed by atoms with van der Waals surface area (Å²) in [6.07, 6.45) is 0.784. The first kappa shape index (κ1) is 15.1. The highest BCUT2D eigenvalue weighted by atomic mass is 19.1. The Morgan fingerprint density at radius 3 is 2.44 bits per heavy atom. The number of aliphatic hydroxyl groups is 1. The maximum Gasteiger partial charge on any atom is 0.130 e. The van der Waals surface area contributed by atoms with Crippen LogP contribution < -0.4 is 5.32 Å². The fraction of sp³-hybridized carbons (Fsp3) is 0.571. The van der Waals surface area contributed by atoms with E-state index in [9.17, 15) is 13.9 Å². The number of nitrogens with one attached hydrogen (secondary N) is 1. The predicted molar refractivity (Wildman–Crippen MR) is 68.1 cm³/mol. The second kappa shape index (κ2) is 6.25. The molecule has 0 bridgehead atoms. The molecular weight excluding hydrogens is 236 g/mol. The number of aliphatic hydroxyl groups excluding tert-OH is 1. The average molecular weight is 257 g/mol. The molecule has 0 aliphatic heterocycles. The zero-order valence-electron chi connectivity index (χ0n) is 11.1. The summed E-state index contributed by atoms with van der Waals surface area (Å²) < 4.78 is 26.1. The zero-order chi connectivity index (χ0) is 13.8. The van der Waals surface area contributed by atoms with Crippen LogP contribution in [-0.2, 0) is 6.54 Å². The first-order valence-electron chi connectivity index (χ1n) is 6.10. The van der Waals surface area contributed by atoms with Crippen molar-refractivity contribution in [1.82, 2.24) is 5.32 Å². The number of benzene rings is 1. The molecule has 0 aliphatic carbocycles. The van der Waals surface area contributed by atoms with Crippen LogP contribution in [0.3, 0.4) is 0 Å². The Labute approximate surface area is 107 Å². The van der Waals surface area contributed by atoms with Crippen LogP contribution in [0.15, 0.2) is 18.2 Å². The monoisotopic (exact) mass is 257 g/mol. The van der Waals surface area contributed by atoms with Crippen molar-refractivity contribution in [2.24, 2.45) is 5.41 Å². The van der Waals surface area contributed by atoms with E-state index in [0.29, 0.717) is 5.56 Å². The Hall–Kier alpha value is -1.00. The molecular formula is C14H21F2NO. The van der Waals surface area contributed by atoms with Crippen LogP contribution in [-0.4, -0.2) is 17.8 Å². The molecule has 4 heteroatoms. The van der Waals surface area contributed by atoms with E-state index in [0.717, 1.165) is 12.5 Å². The average Bonchev–Trinajstić information content (AvgIpc) is 2.24. The lowest BCUT2D eigenvalue weighted by Crippen LogP contribution is -2.35. The van der Waals surface area contributed by atoms with E-state index in [1.54, 1.807) is 0 Å². The lowest BCUT2D eigenvalue weighted by atomic mass is 9.88.